The van der Waals surface area contributed by atoms with Gasteiger partial charge in [0.25, 0.3) is 0 Å². The molecule has 2 aromatic heterocycles. The highest BCUT2D eigenvalue weighted by Crippen LogP contribution is 2.26. The minimum absolute atomic E-state index is 0.271. The number of nitrogens with two attached hydrogens (primary N) is 1. The Morgan fingerprint density at radius 2 is 2.44 bits per heavy atom. The van der Waals surface area contributed by atoms with E-state index in [4.69, 9.17) is 10.2 Å². The van der Waals surface area contributed by atoms with E-state index in [1.165, 1.54) is 5.69 Å². The van der Waals surface area contributed by atoms with Gasteiger partial charge in [0.2, 0.25) is 0 Å². The van der Waals surface area contributed by atoms with E-state index in [0.717, 1.165) is 36.7 Å². The van der Waals surface area contributed by atoms with Crippen LogP contribution in [0.2, 0.25) is 0 Å². The molecule has 0 bridgehead atoms. The van der Waals surface area contributed by atoms with Gasteiger partial charge in [-0.05, 0) is 25.5 Å². The fourth-order valence-corrected chi connectivity index (χ4v) is 2.34. The first-order chi connectivity index (χ1) is 7.75. The number of nitrogens with zero attached hydrogens (tertiary/aromatic N) is 2. The van der Waals surface area contributed by atoms with Crippen LogP contribution in [0.4, 0.5) is 0 Å². The Bertz CT molecular complexity index is 499. The highest BCUT2D eigenvalue weighted by molar-refractivity contribution is 5.49. The van der Waals surface area contributed by atoms with E-state index >= 15 is 0 Å². The van der Waals surface area contributed by atoms with E-state index in [2.05, 4.69) is 9.55 Å². The highest BCUT2D eigenvalue weighted by Gasteiger charge is 2.23. The van der Waals surface area contributed by atoms with Gasteiger partial charge in [-0.2, -0.15) is 0 Å². The molecule has 3 rings (SSSR count). The Morgan fingerprint density at radius 1 is 1.56 bits per heavy atom. The Morgan fingerprint density at radius 3 is 3.19 bits per heavy atom. The lowest BCUT2D eigenvalue weighted by Crippen LogP contribution is -2.31. The van der Waals surface area contributed by atoms with Crippen molar-refractivity contribution in [2.45, 2.75) is 32.4 Å². The van der Waals surface area contributed by atoms with Gasteiger partial charge >= 0.3 is 0 Å². The van der Waals surface area contributed by atoms with Crippen LogP contribution in [-0.4, -0.2) is 15.6 Å². The van der Waals surface area contributed by atoms with Crippen LogP contribution in [0, 0.1) is 6.92 Å². The molecule has 3 heterocycles. The van der Waals surface area contributed by atoms with Gasteiger partial charge < -0.3 is 14.7 Å². The normalized spacial score (nSPS) is 19.8. The van der Waals surface area contributed by atoms with Crippen molar-refractivity contribution in [1.82, 2.24) is 9.55 Å². The van der Waals surface area contributed by atoms with Crippen LogP contribution in [0.15, 0.2) is 22.8 Å². The summed E-state index contributed by atoms with van der Waals surface area (Å²) in [4.78, 5) is 4.58. The van der Waals surface area contributed by atoms with Crippen molar-refractivity contribution < 1.29 is 4.42 Å². The zero-order valence-electron chi connectivity index (χ0n) is 9.31. The Labute approximate surface area is 94.1 Å². The number of aryl methyl sites for hydroxylation is 1. The fourth-order valence-electron chi connectivity index (χ4n) is 2.34. The van der Waals surface area contributed by atoms with Crippen molar-refractivity contribution in [2.75, 3.05) is 0 Å². The van der Waals surface area contributed by atoms with Crippen molar-refractivity contribution in [3.63, 3.8) is 0 Å². The van der Waals surface area contributed by atoms with E-state index < -0.39 is 0 Å². The first kappa shape index (κ1) is 9.66. The molecule has 0 saturated carbocycles. The van der Waals surface area contributed by atoms with Crippen molar-refractivity contribution in [3.8, 4) is 11.6 Å². The van der Waals surface area contributed by atoms with Gasteiger partial charge in [0, 0.05) is 24.7 Å². The molecule has 84 valence electrons. The molecule has 1 atom stereocenters. The first-order valence-electron chi connectivity index (χ1n) is 5.61. The molecule has 0 spiro atoms. The molecule has 0 fully saturated rings. The maximum Gasteiger partial charge on any atom is 0.176 e. The molecule has 16 heavy (non-hydrogen) atoms. The third kappa shape index (κ3) is 1.38. The molecule has 4 heteroatoms. The summed E-state index contributed by atoms with van der Waals surface area (Å²) in [5, 5.41) is 0. The quantitative estimate of drug-likeness (QED) is 0.791. The molecule has 0 aromatic carbocycles. The smallest absolute Gasteiger partial charge is 0.176 e. The summed E-state index contributed by atoms with van der Waals surface area (Å²) in [5.41, 5.74) is 8.31. The lowest BCUT2D eigenvalue weighted by molar-refractivity contribution is 0.468. The van der Waals surface area contributed by atoms with Crippen LogP contribution in [-0.2, 0) is 13.0 Å². The number of fused-ring (bicyclic) bond motifs is 1. The maximum absolute atomic E-state index is 5.98. The van der Waals surface area contributed by atoms with Gasteiger partial charge in [-0.25, -0.2) is 4.98 Å². The van der Waals surface area contributed by atoms with Crippen LogP contribution in [0.25, 0.3) is 11.6 Å². The molecule has 1 aliphatic heterocycles. The molecule has 0 radical (unpaired) electrons. The molecular weight excluding hydrogens is 202 g/mol. The topological polar surface area (TPSA) is 57.0 Å². The fraction of sp³-hybridized carbons (Fsp3) is 0.417. The second-order valence-electron chi connectivity index (χ2n) is 4.35. The molecule has 0 amide bonds. The summed E-state index contributed by atoms with van der Waals surface area (Å²) in [5.74, 6) is 1.77. The maximum atomic E-state index is 5.98. The summed E-state index contributed by atoms with van der Waals surface area (Å²) in [6.07, 6.45) is 3.61. The lowest BCUT2D eigenvalue weighted by atomic mass is 10.0. The summed E-state index contributed by atoms with van der Waals surface area (Å²) in [6.45, 7) is 2.98. The van der Waals surface area contributed by atoms with Crippen LogP contribution in [0.5, 0.6) is 0 Å². The predicted molar refractivity (Wildman–Crippen MR) is 61.0 cm³/mol. The average Bonchev–Trinajstić information content (AvgIpc) is 2.87. The van der Waals surface area contributed by atoms with E-state index in [9.17, 15) is 0 Å². The monoisotopic (exact) mass is 217 g/mol. The summed E-state index contributed by atoms with van der Waals surface area (Å²) in [7, 11) is 0. The summed E-state index contributed by atoms with van der Waals surface area (Å²) >= 11 is 0. The zero-order chi connectivity index (χ0) is 11.1. The van der Waals surface area contributed by atoms with Crippen LogP contribution >= 0.6 is 0 Å². The van der Waals surface area contributed by atoms with Crippen molar-refractivity contribution in [1.29, 1.82) is 0 Å². The van der Waals surface area contributed by atoms with Gasteiger partial charge in [0.05, 0.1) is 12.0 Å². The molecule has 0 saturated heterocycles. The Kier molecular flexibility index (Phi) is 2.11. The number of rotatable bonds is 1. The minimum Gasteiger partial charge on any atom is -0.461 e. The van der Waals surface area contributed by atoms with Crippen molar-refractivity contribution >= 4 is 0 Å². The second kappa shape index (κ2) is 3.49. The summed E-state index contributed by atoms with van der Waals surface area (Å²) < 4.78 is 7.64. The van der Waals surface area contributed by atoms with Gasteiger partial charge in [-0.1, -0.05) is 0 Å². The van der Waals surface area contributed by atoms with E-state index in [1.807, 2.05) is 19.1 Å². The first-order valence-corrected chi connectivity index (χ1v) is 5.61. The van der Waals surface area contributed by atoms with Gasteiger partial charge in [0.15, 0.2) is 11.6 Å². The van der Waals surface area contributed by atoms with E-state index in [1.54, 1.807) is 6.26 Å². The van der Waals surface area contributed by atoms with Crippen LogP contribution in [0.1, 0.15) is 17.8 Å². The molecule has 1 aliphatic rings. The van der Waals surface area contributed by atoms with Crippen LogP contribution in [0.3, 0.4) is 0 Å². The Balaban J connectivity index is 2.12. The number of hydrogen-bond donors (Lipinski definition) is 1. The lowest BCUT2D eigenvalue weighted by Gasteiger charge is -2.21. The number of imidazole rings is 1. The molecule has 2 N–H and O–H groups in total. The third-order valence-corrected chi connectivity index (χ3v) is 3.19. The standard InChI is InChI=1S/C12H15N3O/c1-8-10-7-9(13)4-5-15(10)12(14-8)11-3-2-6-16-11/h2-3,6,9H,4-5,7,13H2,1H3. The van der Waals surface area contributed by atoms with Crippen molar-refractivity contribution in [2.24, 2.45) is 5.73 Å². The number of hydrogen-bond acceptors (Lipinski definition) is 3. The van der Waals surface area contributed by atoms with Crippen LogP contribution < -0.4 is 5.73 Å². The van der Waals surface area contributed by atoms with Gasteiger partial charge in [-0.3, -0.25) is 0 Å². The van der Waals surface area contributed by atoms with Gasteiger partial charge in [0.1, 0.15) is 0 Å². The zero-order valence-corrected chi connectivity index (χ0v) is 9.31. The molecule has 4 nitrogen and oxygen atoms in total. The summed E-state index contributed by atoms with van der Waals surface area (Å²) in [6, 6.07) is 4.11. The average molecular weight is 217 g/mol. The second-order valence-corrected chi connectivity index (χ2v) is 4.35. The Hall–Kier alpha value is -1.55. The molecule has 0 aliphatic carbocycles. The SMILES string of the molecule is Cc1nc(-c2ccco2)n2c1CC(N)CC2. The van der Waals surface area contributed by atoms with Gasteiger partial charge in [-0.15, -0.1) is 0 Å². The molecule has 1 unspecified atom stereocenters. The minimum atomic E-state index is 0.271. The predicted octanol–water partition coefficient (Wildman–Crippen LogP) is 1.73. The third-order valence-electron chi connectivity index (χ3n) is 3.19. The van der Waals surface area contributed by atoms with Crippen molar-refractivity contribution in [3.05, 3.63) is 29.8 Å². The van der Waals surface area contributed by atoms with E-state index in [-0.39, 0.29) is 6.04 Å². The molecule has 2 aromatic rings. The number of aromatic nitrogens is 2. The molecular formula is C12H15N3O. The van der Waals surface area contributed by atoms with E-state index in [0.29, 0.717) is 0 Å². The number of furan rings is 1. The highest BCUT2D eigenvalue weighted by atomic mass is 16.3. The largest absolute Gasteiger partial charge is 0.461 e.